The summed E-state index contributed by atoms with van der Waals surface area (Å²) in [5, 5.41) is 21.3. The lowest BCUT2D eigenvalue weighted by Gasteiger charge is -1.94. The van der Waals surface area contributed by atoms with Crippen molar-refractivity contribution in [2.75, 3.05) is 0 Å². The van der Waals surface area contributed by atoms with E-state index in [1.54, 1.807) is 0 Å². The van der Waals surface area contributed by atoms with Gasteiger partial charge in [0.1, 0.15) is 5.52 Å². The van der Waals surface area contributed by atoms with Crippen LogP contribution in [-0.2, 0) is 0 Å². The molecule has 0 aliphatic rings. The third-order valence-corrected chi connectivity index (χ3v) is 2.91. The second-order valence-electron chi connectivity index (χ2n) is 4.23. The minimum absolute atomic E-state index is 0.0366. The van der Waals surface area contributed by atoms with Gasteiger partial charge in [-0.1, -0.05) is 0 Å². The number of oxazole rings is 1. The number of non-ortho nitro benzene ring substituents is 2. The first-order chi connectivity index (χ1) is 10.0. The molecule has 0 fully saturated rings. The van der Waals surface area contributed by atoms with Crippen LogP contribution in [0.4, 0.5) is 11.4 Å². The number of hydrogen-bond donors (Lipinski definition) is 0. The maximum atomic E-state index is 10.7. The lowest BCUT2D eigenvalue weighted by atomic mass is 10.2. The van der Waals surface area contributed by atoms with Gasteiger partial charge >= 0.3 is 0 Å². The number of nitrogens with zero attached hydrogens (tertiary/aromatic N) is 3. The van der Waals surface area contributed by atoms with E-state index in [0.29, 0.717) is 16.7 Å². The van der Waals surface area contributed by atoms with Crippen LogP contribution in [0.3, 0.4) is 0 Å². The molecule has 0 aliphatic carbocycles. The minimum Gasteiger partial charge on any atom is -0.436 e. The molecule has 3 rings (SSSR count). The summed E-state index contributed by atoms with van der Waals surface area (Å²) in [4.78, 5) is 24.4. The molecule has 0 aliphatic heterocycles. The number of rotatable bonds is 3. The molecule has 0 unspecified atom stereocenters. The van der Waals surface area contributed by atoms with Crippen LogP contribution in [-0.4, -0.2) is 14.8 Å². The van der Waals surface area contributed by atoms with Crippen LogP contribution in [0.15, 0.2) is 46.9 Å². The van der Waals surface area contributed by atoms with Crippen LogP contribution in [0.5, 0.6) is 0 Å². The zero-order valence-corrected chi connectivity index (χ0v) is 10.4. The Morgan fingerprint density at radius 1 is 0.905 bits per heavy atom. The summed E-state index contributed by atoms with van der Waals surface area (Å²) in [6.07, 6.45) is 0. The first kappa shape index (κ1) is 12.7. The number of hydrogen-bond acceptors (Lipinski definition) is 6. The Morgan fingerprint density at radius 3 is 2.14 bits per heavy atom. The van der Waals surface area contributed by atoms with E-state index in [1.807, 2.05) is 0 Å². The predicted molar refractivity (Wildman–Crippen MR) is 72.8 cm³/mol. The molecule has 1 heterocycles. The first-order valence-electron chi connectivity index (χ1n) is 5.84. The minimum atomic E-state index is -0.514. The number of aromatic nitrogens is 1. The van der Waals surface area contributed by atoms with Gasteiger partial charge in [-0.15, -0.1) is 0 Å². The monoisotopic (exact) mass is 285 g/mol. The molecule has 0 radical (unpaired) electrons. The normalized spacial score (nSPS) is 10.7. The summed E-state index contributed by atoms with van der Waals surface area (Å²) in [7, 11) is 0. The standard InChI is InChI=1S/C13H7N3O5/c17-15(18)9-3-1-8(2-4-9)13-14-11-7-10(16(19)20)5-6-12(11)21-13/h1-7H. The Balaban J connectivity index is 2.04. The smallest absolute Gasteiger partial charge is 0.271 e. The van der Waals surface area contributed by atoms with Gasteiger partial charge in [-0.2, -0.15) is 0 Å². The van der Waals surface area contributed by atoms with Crippen molar-refractivity contribution in [1.82, 2.24) is 4.98 Å². The average Bonchev–Trinajstić information content (AvgIpc) is 2.90. The summed E-state index contributed by atoms with van der Waals surface area (Å²) >= 11 is 0. The molecule has 0 spiro atoms. The molecule has 0 N–H and O–H groups in total. The molecule has 8 nitrogen and oxygen atoms in total. The van der Waals surface area contributed by atoms with E-state index in [1.165, 1.54) is 42.5 Å². The number of nitro groups is 2. The summed E-state index contributed by atoms with van der Waals surface area (Å²) in [6, 6.07) is 9.81. The molecule has 0 bridgehead atoms. The van der Waals surface area contributed by atoms with Crippen LogP contribution in [0.1, 0.15) is 0 Å². The Hall–Kier alpha value is -3.29. The van der Waals surface area contributed by atoms with E-state index in [4.69, 9.17) is 4.42 Å². The Bertz CT molecular complexity index is 854. The van der Waals surface area contributed by atoms with Gasteiger partial charge in [-0.25, -0.2) is 4.98 Å². The molecule has 21 heavy (non-hydrogen) atoms. The zero-order valence-electron chi connectivity index (χ0n) is 10.4. The third kappa shape index (κ3) is 2.29. The molecule has 3 aromatic rings. The number of nitro benzene ring substituents is 2. The van der Waals surface area contributed by atoms with Gasteiger partial charge < -0.3 is 4.42 Å². The van der Waals surface area contributed by atoms with Crippen LogP contribution in [0, 0.1) is 20.2 Å². The van der Waals surface area contributed by atoms with Gasteiger partial charge in [-0.05, 0) is 18.2 Å². The molecule has 0 saturated carbocycles. The lowest BCUT2D eigenvalue weighted by Crippen LogP contribution is -1.87. The van der Waals surface area contributed by atoms with Crippen molar-refractivity contribution in [2.45, 2.75) is 0 Å². The summed E-state index contributed by atoms with van der Waals surface area (Å²) in [5.74, 6) is 0.250. The van der Waals surface area contributed by atoms with Gasteiger partial charge in [0.2, 0.25) is 5.89 Å². The lowest BCUT2D eigenvalue weighted by molar-refractivity contribution is -0.385. The van der Waals surface area contributed by atoms with E-state index in [0.717, 1.165) is 0 Å². The summed E-state index contributed by atoms with van der Waals surface area (Å²) in [5.41, 5.74) is 1.21. The van der Waals surface area contributed by atoms with Crippen LogP contribution in [0.25, 0.3) is 22.6 Å². The topological polar surface area (TPSA) is 112 Å². The second kappa shape index (κ2) is 4.67. The molecule has 104 valence electrons. The zero-order chi connectivity index (χ0) is 15.0. The van der Waals surface area contributed by atoms with Crippen LogP contribution in [0.2, 0.25) is 0 Å². The van der Waals surface area contributed by atoms with Crippen molar-refractivity contribution in [2.24, 2.45) is 0 Å². The van der Waals surface area contributed by atoms with E-state index >= 15 is 0 Å². The van der Waals surface area contributed by atoms with Crippen molar-refractivity contribution < 1.29 is 14.3 Å². The van der Waals surface area contributed by atoms with Crippen molar-refractivity contribution >= 4 is 22.5 Å². The maximum Gasteiger partial charge on any atom is 0.271 e. The van der Waals surface area contributed by atoms with E-state index < -0.39 is 9.85 Å². The highest BCUT2D eigenvalue weighted by molar-refractivity contribution is 5.78. The molecule has 0 saturated heterocycles. The molecular formula is C13H7N3O5. The third-order valence-electron chi connectivity index (χ3n) is 2.91. The average molecular weight is 285 g/mol. The van der Waals surface area contributed by atoms with Crippen LogP contribution < -0.4 is 0 Å². The van der Waals surface area contributed by atoms with Gasteiger partial charge in [0.15, 0.2) is 5.58 Å². The second-order valence-corrected chi connectivity index (χ2v) is 4.23. The molecule has 0 amide bonds. The Kier molecular flexibility index (Phi) is 2.83. The number of fused-ring (bicyclic) bond motifs is 1. The van der Waals surface area contributed by atoms with Crippen molar-refractivity contribution in [3.05, 3.63) is 62.7 Å². The highest BCUT2D eigenvalue weighted by Crippen LogP contribution is 2.27. The fraction of sp³-hybridized carbons (Fsp3) is 0. The summed E-state index contributed by atoms with van der Waals surface area (Å²) < 4.78 is 5.49. The van der Waals surface area contributed by atoms with E-state index in [2.05, 4.69) is 4.98 Å². The van der Waals surface area contributed by atoms with E-state index in [-0.39, 0.29) is 17.3 Å². The van der Waals surface area contributed by atoms with E-state index in [9.17, 15) is 20.2 Å². The first-order valence-corrected chi connectivity index (χ1v) is 5.84. The van der Waals surface area contributed by atoms with Crippen molar-refractivity contribution in [1.29, 1.82) is 0 Å². The Labute approximate surface area is 116 Å². The van der Waals surface area contributed by atoms with Gasteiger partial charge in [0.25, 0.3) is 11.4 Å². The molecule has 2 aromatic carbocycles. The molecule has 1 aromatic heterocycles. The molecule has 8 heteroatoms. The highest BCUT2D eigenvalue weighted by Gasteiger charge is 2.13. The maximum absolute atomic E-state index is 10.7. The highest BCUT2D eigenvalue weighted by atomic mass is 16.6. The summed E-state index contributed by atoms with van der Waals surface area (Å²) in [6.45, 7) is 0. The van der Waals surface area contributed by atoms with Gasteiger partial charge in [-0.3, -0.25) is 20.2 Å². The van der Waals surface area contributed by atoms with Crippen molar-refractivity contribution in [3.8, 4) is 11.5 Å². The fourth-order valence-electron chi connectivity index (χ4n) is 1.88. The predicted octanol–water partition coefficient (Wildman–Crippen LogP) is 3.31. The van der Waals surface area contributed by atoms with Crippen LogP contribution >= 0.6 is 0 Å². The quantitative estimate of drug-likeness (QED) is 0.538. The molecule has 0 atom stereocenters. The SMILES string of the molecule is O=[N+]([O-])c1ccc(-c2nc3cc([N+](=O)[O-])ccc3o2)cc1. The van der Waals surface area contributed by atoms with Crippen molar-refractivity contribution in [3.63, 3.8) is 0 Å². The van der Waals surface area contributed by atoms with Gasteiger partial charge in [0.05, 0.1) is 9.85 Å². The largest absolute Gasteiger partial charge is 0.436 e. The fourth-order valence-corrected chi connectivity index (χ4v) is 1.88. The van der Waals surface area contributed by atoms with Gasteiger partial charge in [0, 0.05) is 29.8 Å². The number of benzene rings is 2. The Morgan fingerprint density at radius 2 is 1.52 bits per heavy atom. The molecular weight excluding hydrogens is 278 g/mol.